The highest BCUT2D eigenvalue weighted by atomic mass is 19.4. The maximum atomic E-state index is 12.8. The molecule has 0 saturated carbocycles. The summed E-state index contributed by atoms with van der Waals surface area (Å²) in [7, 11) is 0. The van der Waals surface area contributed by atoms with Crippen LogP contribution in [0.3, 0.4) is 0 Å². The number of aromatic nitrogens is 2. The van der Waals surface area contributed by atoms with Crippen molar-refractivity contribution in [2.24, 2.45) is 0 Å². The largest absolute Gasteiger partial charge is 0.433 e. The molecule has 1 aliphatic rings. The average Bonchev–Trinajstić information content (AvgIpc) is 2.61. The van der Waals surface area contributed by atoms with E-state index in [1.807, 2.05) is 11.8 Å². The molecule has 0 spiro atoms. The normalized spacial score (nSPS) is 20.8. The molecule has 2 N–H and O–H groups in total. The maximum Gasteiger partial charge on any atom is 0.433 e. The summed E-state index contributed by atoms with van der Waals surface area (Å²) in [4.78, 5) is 9.24. The van der Waals surface area contributed by atoms with Crippen molar-refractivity contribution in [3.8, 4) is 0 Å². The zero-order chi connectivity index (χ0) is 14.8. The lowest BCUT2D eigenvalue weighted by molar-refractivity contribution is -0.141. The van der Waals surface area contributed by atoms with Gasteiger partial charge in [0.05, 0.1) is 0 Å². The maximum absolute atomic E-state index is 12.8. The van der Waals surface area contributed by atoms with E-state index in [1.165, 1.54) is 0 Å². The summed E-state index contributed by atoms with van der Waals surface area (Å²) in [5, 5.41) is 0. The van der Waals surface area contributed by atoms with Crippen LogP contribution in [0, 0.1) is 0 Å². The fraction of sp³-hybridized carbons (Fsp3) is 0.692. The first-order chi connectivity index (χ1) is 9.41. The number of halogens is 3. The number of anilines is 2. The first-order valence-corrected chi connectivity index (χ1v) is 6.90. The first kappa shape index (κ1) is 14.9. The summed E-state index contributed by atoms with van der Waals surface area (Å²) >= 11 is 0. The summed E-state index contributed by atoms with van der Waals surface area (Å²) in [6.45, 7) is 2.75. The van der Waals surface area contributed by atoms with Gasteiger partial charge in [0.1, 0.15) is 5.82 Å². The lowest BCUT2D eigenvalue weighted by atomic mass is 10.1. The van der Waals surface area contributed by atoms with Gasteiger partial charge in [-0.25, -0.2) is 4.98 Å². The molecule has 1 saturated heterocycles. The van der Waals surface area contributed by atoms with E-state index in [-0.39, 0.29) is 12.0 Å². The van der Waals surface area contributed by atoms with Crippen LogP contribution >= 0.6 is 0 Å². The summed E-state index contributed by atoms with van der Waals surface area (Å²) in [6, 6.07) is 1.22. The molecular formula is C13H19F3N4. The molecule has 1 aromatic rings. The van der Waals surface area contributed by atoms with Crippen molar-refractivity contribution in [3.05, 3.63) is 11.8 Å². The predicted molar refractivity (Wildman–Crippen MR) is 71.3 cm³/mol. The van der Waals surface area contributed by atoms with Crippen LogP contribution in [0.25, 0.3) is 0 Å². The molecule has 1 unspecified atom stereocenters. The quantitative estimate of drug-likeness (QED) is 0.907. The van der Waals surface area contributed by atoms with Crippen LogP contribution in [0.5, 0.6) is 0 Å². The minimum Gasteiger partial charge on any atom is -0.368 e. The first-order valence-electron chi connectivity index (χ1n) is 6.90. The van der Waals surface area contributed by atoms with Crippen LogP contribution < -0.4 is 10.6 Å². The van der Waals surface area contributed by atoms with Gasteiger partial charge in [0, 0.05) is 18.7 Å². The Kier molecular flexibility index (Phi) is 4.35. The SMILES string of the molecule is CCC1CCCCCN1c1cc(C(F)(F)F)nc(N)n1. The van der Waals surface area contributed by atoms with Crippen LogP contribution in [-0.2, 0) is 6.18 Å². The van der Waals surface area contributed by atoms with Crippen LogP contribution in [0.4, 0.5) is 24.9 Å². The summed E-state index contributed by atoms with van der Waals surface area (Å²) in [5.41, 5.74) is 4.47. The van der Waals surface area contributed by atoms with E-state index in [2.05, 4.69) is 9.97 Å². The van der Waals surface area contributed by atoms with Gasteiger partial charge in [-0.1, -0.05) is 19.8 Å². The number of alkyl halides is 3. The molecule has 0 aliphatic carbocycles. The third kappa shape index (κ3) is 3.32. The van der Waals surface area contributed by atoms with E-state index in [9.17, 15) is 13.2 Å². The van der Waals surface area contributed by atoms with E-state index in [1.54, 1.807) is 0 Å². The molecule has 1 fully saturated rings. The minimum absolute atomic E-state index is 0.216. The second-order valence-electron chi connectivity index (χ2n) is 5.07. The Morgan fingerprint density at radius 1 is 1.30 bits per heavy atom. The van der Waals surface area contributed by atoms with Crippen molar-refractivity contribution in [1.82, 2.24) is 9.97 Å². The topological polar surface area (TPSA) is 55.0 Å². The smallest absolute Gasteiger partial charge is 0.368 e. The zero-order valence-corrected chi connectivity index (χ0v) is 11.5. The Labute approximate surface area is 116 Å². The summed E-state index contributed by atoms with van der Waals surface area (Å²) in [6.07, 6.45) is 0.509. The molecule has 20 heavy (non-hydrogen) atoms. The lowest BCUT2D eigenvalue weighted by Crippen LogP contribution is -2.35. The minimum atomic E-state index is -4.50. The molecule has 0 aromatic carbocycles. The second kappa shape index (κ2) is 5.85. The van der Waals surface area contributed by atoms with E-state index in [0.29, 0.717) is 12.4 Å². The molecule has 1 aromatic heterocycles. The Balaban J connectivity index is 2.37. The Hall–Kier alpha value is -1.53. The predicted octanol–water partition coefficient (Wildman–Crippen LogP) is 3.24. The molecule has 0 radical (unpaired) electrons. The molecule has 4 nitrogen and oxygen atoms in total. The van der Waals surface area contributed by atoms with Crippen molar-refractivity contribution in [2.45, 2.75) is 51.2 Å². The Morgan fingerprint density at radius 3 is 2.70 bits per heavy atom. The molecule has 2 rings (SSSR count). The van der Waals surface area contributed by atoms with Crippen LogP contribution in [-0.4, -0.2) is 22.6 Å². The van der Waals surface area contributed by atoms with Crippen molar-refractivity contribution in [2.75, 3.05) is 17.2 Å². The fourth-order valence-electron chi connectivity index (χ4n) is 2.65. The highest BCUT2D eigenvalue weighted by Gasteiger charge is 2.34. The van der Waals surface area contributed by atoms with Crippen LogP contribution in [0.2, 0.25) is 0 Å². The third-order valence-electron chi connectivity index (χ3n) is 3.66. The van der Waals surface area contributed by atoms with Crippen LogP contribution in [0.1, 0.15) is 44.7 Å². The lowest BCUT2D eigenvalue weighted by Gasteiger charge is -2.30. The Morgan fingerprint density at radius 2 is 2.05 bits per heavy atom. The fourth-order valence-corrected chi connectivity index (χ4v) is 2.65. The number of nitrogens with two attached hydrogens (primary N) is 1. The molecule has 1 atom stereocenters. The zero-order valence-electron chi connectivity index (χ0n) is 11.5. The molecule has 0 amide bonds. The average molecular weight is 288 g/mol. The van der Waals surface area contributed by atoms with E-state index in [0.717, 1.165) is 38.2 Å². The van der Waals surface area contributed by atoms with Crippen molar-refractivity contribution in [1.29, 1.82) is 0 Å². The van der Waals surface area contributed by atoms with Crippen molar-refractivity contribution < 1.29 is 13.2 Å². The third-order valence-corrected chi connectivity index (χ3v) is 3.66. The molecule has 0 bridgehead atoms. The molecular weight excluding hydrogens is 269 g/mol. The van der Waals surface area contributed by atoms with Gasteiger partial charge in [-0.15, -0.1) is 0 Å². The summed E-state index contributed by atoms with van der Waals surface area (Å²) in [5.74, 6) is -0.0347. The molecule has 2 heterocycles. The number of rotatable bonds is 2. The number of hydrogen-bond acceptors (Lipinski definition) is 4. The van der Waals surface area contributed by atoms with Gasteiger partial charge < -0.3 is 10.6 Å². The van der Waals surface area contributed by atoms with Gasteiger partial charge in [0.15, 0.2) is 5.69 Å². The monoisotopic (exact) mass is 288 g/mol. The van der Waals surface area contributed by atoms with Gasteiger partial charge in [0.25, 0.3) is 0 Å². The standard InChI is InChI=1S/C13H19F3N4/c1-2-9-6-4-3-5-7-20(9)11-8-10(13(14,15)16)18-12(17)19-11/h8-9H,2-7H2,1H3,(H2,17,18,19). The van der Waals surface area contributed by atoms with Gasteiger partial charge >= 0.3 is 6.18 Å². The number of nitrogen functional groups attached to an aromatic ring is 1. The second-order valence-corrected chi connectivity index (χ2v) is 5.07. The molecule has 7 heteroatoms. The van der Waals surface area contributed by atoms with E-state index in [4.69, 9.17) is 5.73 Å². The van der Waals surface area contributed by atoms with E-state index >= 15 is 0 Å². The number of hydrogen-bond donors (Lipinski definition) is 1. The van der Waals surface area contributed by atoms with E-state index < -0.39 is 11.9 Å². The van der Waals surface area contributed by atoms with Gasteiger partial charge in [0.2, 0.25) is 5.95 Å². The van der Waals surface area contributed by atoms with Crippen LogP contribution in [0.15, 0.2) is 6.07 Å². The highest BCUT2D eigenvalue weighted by molar-refractivity contribution is 5.45. The number of nitrogens with zero attached hydrogens (tertiary/aromatic N) is 3. The highest BCUT2D eigenvalue weighted by Crippen LogP contribution is 2.32. The van der Waals surface area contributed by atoms with Crippen molar-refractivity contribution in [3.63, 3.8) is 0 Å². The van der Waals surface area contributed by atoms with Gasteiger partial charge in [-0.05, 0) is 19.3 Å². The molecule has 1 aliphatic heterocycles. The van der Waals surface area contributed by atoms with Crippen molar-refractivity contribution >= 4 is 11.8 Å². The molecule has 112 valence electrons. The summed E-state index contributed by atoms with van der Waals surface area (Å²) < 4.78 is 38.4. The van der Waals surface area contributed by atoms with Gasteiger partial charge in [-0.3, -0.25) is 0 Å². The Bertz CT molecular complexity index is 461. The van der Waals surface area contributed by atoms with Gasteiger partial charge in [-0.2, -0.15) is 18.2 Å².